The lowest BCUT2D eigenvalue weighted by Crippen LogP contribution is -2.22. The van der Waals surface area contributed by atoms with Crippen molar-refractivity contribution in [1.82, 2.24) is 0 Å². The highest BCUT2D eigenvalue weighted by Gasteiger charge is 1.99. The Kier molecular flexibility index (Phi) is 2.43. The van der Waals surface area contributed by atoms with Gasteiger partial charge in [-0.05, 0) is 34.7 Å². The molecule has 0 N–H and O–H groups in total. The largest absolute Gasteiger partial charge is 0.545 e. The lowest BCUT2D eigenvalue weighted by molar-refractivity contribution is -0.255. The zero-order chi connectivity index (χ0) is 8.43. The molecule has 0 spiro atoms. The average Bonchev–Trinajstić information content (AvgIpc) is 1.94. The van der Waals surface area contributed by atoms with Crippen molar-refractivity contribution in [3.05, 3.63) is 33.1 Å². The monoisotopic (exact) mass is 265 g/mol. The second kappa shape index (κ2) is 3.17. The van der Waals surface area contributed by atoms with Crippen LogP contribution in [0.3, 0.4) is 0 Å². The molecule has 0 saturated heterocycles. The summed E-state index contributed by atoms with van der Waals surface area (Å²) in [4.78, 5) is 10.2. The molecular weight excluding hydrogens is 262 g/mol. The molecule has 0 saturated carbocycles. The first kappa shape index (κ1) is 8.45. The molecule has 0 aromatic heterocycles. The molecule has 0 aliphatic rings. The first-order valence-electron chi connectivity index (χ1n) is 2.77. The van der Waals surface area contributed by atoms with Crippen molar-refractivity contribution in [3.63, 3.8) is 0 Å². The molecule has 0 aliphatic carbocycles. The summed E-state index contributed by atoms with van der Waals surface area (Å²) in [5.41, 5.74) is -0.136. The van der Waals surface area contributed by atoms with Gasteiger partial charge >= 0.3 is 0 Å². The van der Waals surface area contributed by atoms with Gasteiger partial charge in [-0.2, -0.15) is 0 Å². The maximum atomic E-state index is 12.6. The predicted octanol–water partition coefficient (Wildman–Crippen LogP) is 0.794. The smallest absolute Gasteiger partial charge is 0.137 e. The molecule has 1 rings (SSSR count). The van der Waals surface area contributed by atoms with Gasteiger partial charge in [0.15, 0.2) is 0 Å². The maximum absolute atomic E-state index is 12.6. The van der Waals surface area contributed by atoms with E-state index < -0.39 is 11.8 Å². The molecule has 4 heteroatoms. The third-order valence-electron chi connectivity index (χ3n) is 1.16. The van der Waals surface area contributed by atoms with Crippen molar-refractivity contribution >= 4 is 28.6 Å². The molecule has 58 valence electrons. The molecule has 0 aliphatic heterocycles. The van der Waals surface area contributed by atoms with Crippen LogP contribution in [0.15, 0.2) is 18.2 Å². The Labute approximate surface area is 76.2 Å². The second-order valence-corrected chi connectivity index (χ2v) is 3.08. The van der Waals surface area contributed by atoms with Crippen LogP contribution < -0.4 is 5.11 Å². The van der Waals surface area contributed by atoms with Crippen molar-refractivity contribution in [1.29, 1.82) is 0 Å². The van der Waals surface area contributed by atoms with E-state index in [1.54, 1.807) is 22.6 Å². The summed E-state index contributed by atoms with van der Waals surface area (Å²) in [7, 11) is 0. The van der Waals surface area contributed by atoms with E-state index in [0.717, 1.165) is 6.07 Å². The van der Waals surface area contributed by atoms with E-state index in [1.165, 1.54) is 12.1 Å². The number of hydrogen-bond acceptors (Lipinski definition) is 2. The Morgan fingerprint density at radius 1 is 1.55 bits per heavy atom. The van der Waals surface area contributed by atoms with Crippen molar-refractivity contribution < 1.29 is 14.3 Å². The van der Waals surface area contributed by atoms with Gasteiger partial charge in [-0.3, -0.25) is 0 Å². The van der Waals surface area contributed by atoms with Crippen LogP contribution in [0.4, 0.5) is 4.39 Å². The van der Waals surface area contributed by atoms with Crippen LogP contribution in [0.5, 0.6) is 0 Å². The van der Waals surface area contributed by atoms with Gasteiger partial charge in [0.1, 0.15) is 5.82 Å². The molecule has 0 atom stereocenters. The number of carboxylic acids is 1. The van der Waals surface area contributed by atoms with E-state index in [1.807, 2.05) is 0 Å². The Bertz CT molecular complexity index is 298. The average molecular weight is 265 g/mol. The summed E-state index contributed by atoms with van der Waals surface area (Å²) in [6, 6.07) is 3.64. The molecule has 1 aromatic rings. The van der Waals surface area contributed by atoms with Gasteiger partial charge in [0.05, 0.1) is 5.97 Å². The predicted molar refractivity (Wildman–Crippen MR) is 43.4 cm³/mol. The van der Waals surface area contributed by atoms with Gasteiger partial charge in [-0.25, -0.2) is 4.39 Å². The quantitative estimate of drug-likeness (QED) is 0.704. The number of carbonyl (C=O) groups excluding carboxylic acids is 1. The van der Waals surface area contributed by atoms with E-state index >= 15 is 0 Å². The van der Waals surface area contributed by atoms with Crippen molar-refractivity contribution in [2.24, 2.45) is 0 Å². The Balaban J connectivity index is 3.15. The summed E-state index contributed by atoms with van der Waals surface area (Å²) < 4.78 is 13.0. The summed E-state index contributed by atoms with van der Waals surface area (Å²) in [5.74, 6) is -1.90. The van der Waals surface area contributed by atoms with Crippen LogP contribution in [-0.2, 0) is 0 Å². The van der Waals surface area contributed by atoms with Crippen LogP contribution in [0.1, 0.15) is 10.4 Å². The van der Waals surface area contributed by atoms with E-state index in [-0.39, 0.29) is 5.56 Å². The number of aromatic carboxylic acids is 1. The number of halogens is 2. The fourth-order valence-corrected chi connectivity index (χ4v) is 0.959. The number of rotatable bonds is 1. The van der Waals surface area contributed by atoms with Gasteiger partial charge in [0.25, 0.3) is 0 Å². The highest BCUT2D eigenvalue weighted by Crippen LogP contribution is 2.11. The minimum atomic E-state index is -1.36. The zero-order valence-electron chi connectivity index (χ0n) is 5.30. The molecule has 0 radical (unpaired) electrons. The molecule has 2 nitrogen and oxygen atoms in total. The molecular formula is C7H3FIO2-. The Hall–Kier alpha value is -0.650. The van der Waals surface area contributed by atoms with Gasteiger partial charge in [0.2, 0.25) is 0 Å². The fourth-order valence-electron chi connectivity index (χ4n) is 0.623. The molecule has 0 bridgehead atoms. The van der Waals surface area contributed by atoms with Crippen LogP contribution in [-0.4, -0.2) is 5.97 Å². The van der Waals surface area contributed by atoms with Crippen molar-refractivity contribution in [2.75, 3.05) is 0 Å². The molecule has 0 heterocycles. The van der Waals surface area contributed by atoms with E-state index in [2.05, 4.69) is 0 Å². The zero-order valence-corrected chi connectivity index (χ0v) is 7.46. The van der Waals surface area contributed by atoms with E-state index in [4.69, 9.17) is 0 Å². The number of carbonyl (C=O) groups is 1. The Morgan fingerprint density at radius 3 is 2.64 bits per heavy atom. The normalized spacial score (nSPS) is 9.64. The van der Waals surface area contributed by atoms with Gasteiger partial charge in [0, 0.05) is 9.13 Å². The molecule has 0 fully saturated rings. The summed E-state index contributed by atoms with van der Waals surface area (Å²) in [6.45, 7) is 0. The molecule has 1 aromatic carbocycles. The minimum absolute atomic E-state index is 0.136. The van der Waals surface area contributed by atoms with Gasteiger partial charge < -0.3 is 9.90 Å². The van der Waals surface area contributed by atoms with Crippen molar-refractivity contribution in [3.8, 4) is 0 Å². The van der Waals surface area contributed by atoms with Crippen LogP contribution in [0.2, 0.25) is 0 Å². The highest BCUT2D eigenvalue weighted by molar-refractivity contribution is 14.1. The molecule has 0 amide bonds. The van der Waals surface area contributed by atoms with Crippen LogP contribution in [0.25, 0.3) is 0 Å². The fraction of sp³-hybridized carbons (Fsp3) is 0. The topological polar surface area (TPSA) is 40.1 Å². The first-order chi connectivity index (χ1) is 5.11. The number of carboxylic acid groups (broad SMARTS) is 1. The highest BCUT2D eigenvalue weighted by atomic mass is 127. The van der Waals surface area contributed by atoms with Crippen LogP contribution >= 0.6 is 22.6 Å². The lowest BCUT2D eigenvalue weighted by atomic mass is 10.2. The SMILES string of the molecule is O=C([O-])c1ccc(I)c(F)c1. The van der Waals surface area contributed by atoms with Gasteiger partial charge in [-0.15, -0.1) is 0 Å². The van der Waals surface area contributed by atoms with E-state index in [9.17, 15) is 14.3 Å². The number of hydrogen-bond donors (Lipinski definition) is 0. The van der Waals surface area contributed by atoms with Gasteiger partial charge in [-0.1, -0.05) is 6.07 Å². The number of benzene rings is 1. The molecule has 0 unspecified atom stereocenters. The van der Waals surface area contributed by atoms with E-state index in [0.29, 0.717) is 3.57 Å². The summed E-state index contributed by atoms with van der Waals surface area (Å²) in [6.07, 6.45) is 0. The standard InChI is InChI=1S/C7H4FIO2/c8-5-3-4(7(10)11)1-2-6(5)9/h1-3H,(H,10,11)/p-1. The summed E-state index contributed by atoms with van der Waals surface area (Å²) >= 11 is 1.78. The minimum Gasteiger partial charge on any atom is -0.545 e. The van der Waals surface area contributed by atoms with Crippen molar-refractivity contribution in [2.45, 2.75) is 0 Å². The third-order valence-corrected chi connectivity index (χ3v) is 2.03. The second-order valence-electron chi connectivity index (χ2n) is 1.92. The lowest BCUT2D eigenvalue weighted by Gasteiger charge is -2.01. The third kappa shape index (κ3) is 1.89. The summed E-state index contributed by atoms with van der Waals surface area (Å²) in [5, 5.41) is 10.2. The molecule has 11 heavy (non-hydrogen) atoms. The van der Waals surface area contributed by atoms with Crippen LogP contribution in [0, 0.1) is 9.39 Å². The first-order valence-corrected chi connectivity index (χ1v) is 3.85. The maximum Gasteiger partial charge on any atom is 0.137 e. The Morgan fingerprint density at radius 2 is 2.18 bits per heavy atom.